The second-order valence-corrected chi connectivity index (χ2v) is 6.31. The quantitative estimate of drug-likeness (QED) is 0.465. The van der Waals surface area contributed by atoms with Crippen molar-refractivity contribution in [3.63, 3.8) is 0 Å². The number of nitrogens with zero attached hydrogens (tertiary/aromatic N) is 3. The van der Waals surface area contributed by atoms with Crippen LogP contribution in [-0.2, 0) is 6.54 Å². The summed E-state index contributed by atoms with van der Waals surface area (Å²) in [6.07, 6.45) is 1.66. The Labute approximate surface area is 164 Å². The van der Waals surface area contributed by atoms with Crippen molar-refractivity contribution in [1.82, 2.24) is 9.97 Å². The predicted molar refractivity (Wildman–Crippen MR) is 113 cm³/mol. The van der Waals surface area contributed by atoms with Gasteiger partial charge in [0.05, 0.1) is 18.5 Å². The van der Waals surface area contributed by atoms with E-state index in [0.29, 0.717) is 12.5 Å². The molecule has 2 heterocycles. The first kappa shape index (κ1) is 17.8. The minimum Gasteiger partial charge on any atom is -0.467 e. The SMILES string of the molecule is CCN(c1ccccc1)c1cc(-c2ccccc2)nc(NCc2ccco2)n1. The molecule has 0 unspecified atom stereocenters. The van der Waals surface area contributed by atoms with Crippen LogP contribution in [0.15, 0.2) is 89.5 Å². The fraction of sp³-hybridized carbons (Fsp3) is 0.130. The van der Waals surface area contributed by atoms with Crippen molar-refractivity contribution in [2.75, 3.05) is 16.8 Å². The Morgan fingerprint density at radius 1 is 0.893 bits per heavy atom. The van der Waals surface area contributed by atoms with Crippen LogP contribution in [0.3, 0.4) is 0 Å². The minimum atomic E-state index is 0.530. The van der Waals surface area contributed by atoms with E-state index in [0.717, 1.165) is 35.1 Å². The van der Waals surface area contributed by atoms with Crippen molar-refractivity contribution in [2.24, 2.45) is 0 Å². The Balaban J connectivity index is 1.72. The smallest absolute Gasteiger partial charge is 0.225 e. The van der Waals surface area contributed by atoms with Crippen LogP contribution in [0.4, 0.5) is 17.5 Å². The molecule has 140 valence electrons. The monoisotopic (exact) mass is 370 g/mol. The van der Waals surface area contributed by atoms with E-state index < -0.39 is 0 Å². The van der Waals surface area contributed by atoms with Crippen LogP contribution in [-0.4, -0.2) is 16.5 Å². The molecule has 0 bridgehead atoms. The van der Waals surface area contributed by atoms with Crippen molar-refractivity contribution in [2.45, 2.75) is 13.5 Å². The summed E-state index contributed by atoms with van der Waals surface area (Å²) in [5.41, 5.74) is 3.03. The molecule has 0 fully saturated rings. The minimum absolute atomic E-state index is 0.530. The van der Waals surface area contributed by atoms with Crippen molar-refractivity contribution in [1.29, 1.82) is 0 Å². The average molecular weight is 370 g/mol. The molecular weight excluding hydrogens is 348 g/mol. The molecule has 0 aliphatic heterocycles. The Morgan fingerprint density at radius 3 is 2.32 bits per heavy atom. The number of para-hydroxylation sites is 1. The molecule has 0 aliphatic carbocycles. The lowest BCUT2D eigenvalue weighted by atomic mass is 10.1. The maximum atomic E-state index is 5.41. The van der Waals surface area contributed by atoms with E-state index in [2.05, 4.69) is 41.4 Å². The summed E-state index contributed by atoms with van der Waals surface area (Å²) in [6.45, 7) is 3.45. The van der Waals surface area contributed by atoms with E-state index in [1.54, 1.807) is 6.26 Å². The first-order valence-corrected chi connectivity index (χ1v) is 9.37. The molecule has 0 saturated heterocycles. The van der Waals surface area contributed by atoms with Gasteiger partial charge < -0.3 is 14.6 Å². The van der Waals surface area contributed by atoms with Crippen molar-refractivity contribution >= 4 is 17.5 Å². The summed E-state index contributed by atoms with van der Waals surface area (Å²) in [5, 5.41) is 3.29. The van der Waals surface area contributed by atoms with Crippen LogP contribution in [0.2, 0.25) is 0 Å². The van der Waals surface area contributed by atoms with Crippen LogP contribution in [0.1, 0.15) is 12.7 Å². The molecule has 0 atom stereocenters. The van der Waals surface area contributed by atoms with Crippen molar-refractivity contribution < 1.29 is 4.42 Å². The lowest BCUT2D eigenvalue weighted by Crippen LogP contribution is -2.18. The van der Waals surface area contributed by atoms with Crippen molar-refractivity contribution in [3.05, 3.63) is 90.9 Å². The second-order valence-electron chi connectivity index (χ2n) is 6.31. The van der Waals surface area contributed by atoms with Gasteiger partial charge in [-0.1, -0.05) is 48.5 Å². The van der Waals surface area contributed by atoms with Crippen molar-refractivity contribution in [3.8, 4) is 11.3 Å². The van der Waals surface area contributed by atoms with Gasteiger partial charge in [-0.3, -0.25) is 0 Å². The fourth-order valence-corrected chi connectivity index (χ4v) is 3.07. The topological polar surface area (TPSA) is 54.2 Å². The van der Waals surface area contributed by atoms with Gasteiger partial charge in [0.2, 0.25) is 5.95 Å². The van der Waals surface area contributed by atoms with E-state index in [9.17, 15) is 0 Å². The standard InChI is InChI=1S/C23H22N4O/c1-2-27(19-12-7-4-8-13-19)22-16-21(18-10-5-3-6-11-18)25-23(26-22)24-17-20-14-9-15-28-20/h3-16H,2,17H2,1H3,(H,24,25,26). The van der Waals surface area contributed by atoms with Gasteiger partial charge in [0.25, 0.3) is 0 Å². The first-order chi connectivity index (χ1) is 13.8. The molecule has 2 aromatic heterocycles. The number of hydrogen-bond acceptors (Lipinski definition) is 5. The molecule has 0 saturated carbocycles. The third kappa shape index (κ3) is 4.04. The average Bonchev–Trinajstić information content (AvgIpc) is 3.28. The number of furan rings is 1. The molecule has 5 heteroatoms. The number of aromatic nitrogens is 2. The Kier molecular flexibility index (Phi) is 5.33. The van der Waals surface area contributed by atoms with Crippen LogP contribution >= 0.6 is 0 Å². The Bertz CT molecular complexity index is 1000. The predicted octanol–water partition coefficient (Wildman–Crippen LogP) is 5.51. The van der Waals surface area contributed by atoms with Gasteiger partial charge in [-0.2, -0.15) is 4.98 Å². The lowest BCUT2D eigenvalue weighted by molar-refractivity contribution is 0.517. The molecule has 28 heavy (non-hydrogen) atoms. The van der Waals surface area contributed by atoms with Gasteiger partial charge in [0.15, 0.2) is 0 Å². The van der Waals surface area contributed by atoms with E-state index in [4.69, 9.17) is 14.4 Å². The van der Waals surface area contributed by atoms with Crippen LogP contribution in [0.5, 0.6) is 0 Å². The van der Waals surface area contributed by atoms with E-state index in [-0.39, 0.29) is 0 Å². The number of rotatable bonds is 7. The van der Waals surface area contributed by atoms with Gasteiger partial charge in [0, 0.05) is 23.9 Å². The highest BCUT2D eigenvalue weighted by atomic mass is 16.3. The maximum Gasteiger partial charge on any atom is 0.225 e. The van der Waals surface area contributed by atoms with Gasteiger partial charge in [-0.05, 0) is 31.2 Å². The van der Waals surface area contributed by atoms with Crippen LogP contribution in [0, 0.1) is 0 Å². The molecular formula is C23H22N4O. The third-order valence-corrected chi connectivity index (χ3v) is 4.44. The molecule has 4 aromatic rings. The number of nitrogens with one attached hydrogen (secondary N) is 1. The zero-order chi connectivity index (χ0) is 19.2. The second kappa shape index (κ2) is 8.39. The molecule has 4 rings (SSSR count). The highest BCUT2D eigenvalue weighted by molar-refractivity contribution is 5.68. The van der Waals surface area contributed by atoms with Crippen LogP contribution < -0.4 is 10.2 Å². The summed E-state index contributed by atoms with van der Waals surface area (Å²) >= 11 is 0. The highest BCUT2D eigenvalue weighted by Gasteiger charge is 2.13. The molecule has 0 amide bonds. The maximum absolute atomic E-state index is 5.41. The van der Waals surface area contributed by atoms with E-state index in [1.807, 2.05) is 54.6 Å². The molecule has 0 spiro atoms. The number of hydrogen-bond donors (Lipinski definition) is 1. The Morgan fingerprint density at radius 2 is 1.64 bits per heavy atom. The fourth-order valence-electron chi connectivity index (χ4n) is 3.07. The number of benzene rings is 2. The third-order valence-electron chi connectivity index (χ3n) is 4.44. The van der Waals surface area contributed by atoms with Gasteiger partial charge in [-0.15, -0.1) is 0 Å². The highest BCUT2D eigenvalue weighted by Crippen LogP contribution is 2.28. The first-order valence-electron chi connectivity index (χ1n) is 9.37. The molecule has 1 N–H and O–H groups in total. The van der Waals surface area contributed by atoms with Gasteiger partial charge >= 0.3 is 0 Å². The zero-order valence-electron chi connectivity index (χ0n) is 15.7. The van der Waals surface area contributed by atoms with E-state index >= 15 is 0 Å². The van der Waals surface area contributed by atoms with Gasteiger partial charge in [0.1, 0.15) is 11.6 Å². The largest absolute Gasteiger partial charge is 0.467 e. The normalized spacial score (nSPS) is 10.6. The molecule has 2 aromatic carbocycles. The lowest BCUT2D eigenvalue weighted by Gasteiger charge is -2.23. The Hall–Kier alpha value is -3.60. The summed E-state index contributed by atoms with van der Waals surface area (Å²) in [7, 11) is 0. The molecule has 5 nitrogen and oxygen atoms in total. The molecule has 0 aliphatic rings. The summed E-state index contributed by atoms with van der Waals surface area (Å²) < 4.78 is 5.41. The van der Waals surface area contributed by atoms with Crippen LogP contribution in [0.25, 0.3) is 11.3 Å². The summed E-state index contributed by atoms with van der Waals surface area (Å²) in [5.74, 6) is 2.26. The number of anilines is 3. The zero-order valence-corrected chi connectivity index (χ0v) is 15.7. The van der Waals surface area contributed by atoms with E-state index in [1.165, 1.54) is 0 Å². The van der Waals surface area contributed by atoms with Gasteiger partial charge in [-0.25, -0.2) is 4.98 Å². The molecule has 0 radical (unpaired) electrons. The summed E-state index contributed by atoms with van der Waals surface area (Å²) in [6, 6.07) is 26.2. The summed E-state index contributed by atoms with van der Waals surface area (Å²) in [4.78, 5) is 11.7.